The van der Waals surface area contributed by atoms with Crippen LogP contribution in [0.5, 0.6) is 0 Å². The van der Waals surface area contributed by atoms with Crippen LogP contribution in [0.25, 0.3) is 0 Å². The third-order valence-electron chi connectivity index (χ3n) is 3.86. The van der Waals surface area contributed by atoms with Crippen molar-refractivity contribution in [2.45, 2.75) is 45.2 Å². The summed E-state index contributed by atoms with van der Waals surface area (Å²) >= 11 is 2.75. The third kappa shape index (κ3) is 5.34. The second kappa shape index (κ2) is 9.22. The van der Waals surface area contributed by atoms with Crippen molar-refractivity contribution in [2.24, 2.45) is 0 Å². The maximum atomic E-state index is 12.4. The van der Waals surface area contributed by atoms with Crippen LogP contribution in [0, 0.1) is 6.92 Å². The highest BCUT2D eigenvalue weighted by Crippen LogP contribution is 2.28. The molecule has 0 heterocycles. The topological polar surface area (TPSA) is 93.3 Å². The Labute approximate surface area is 151 Å². The molecule has 0 saturated heterocycles. The SMILES string of the molecule is CCC(C)NC(=O)CC(NS(=O)[O-])(C(=S)NC)c1ccc(C)cc1. The van der Waals surface area contributed by atoms with Crippen molar-refractivity contribution in [3.8, 4) is 0 Å². The molecule has 0 radical (unpaired) electrons. The van der Waals surface area contributed by atoms with E-state index in [1.54, 1.807) is 19.2 Å². The Morgan fingerprint density at radius 3 is 2.42 bits per heavy atom. The van der Waals surface area contributed by atoms with E-state index in [0.717, 1.165) is 12.0 Å². The summed E-state index contributed by atoms with van der Waals surface area (Å²) in [6, 6.07) is 7.24. The first-order valence-corrected chi connectivity index (χ1v) is 9.19. The van der Waals surface area contributed by atoms with E-state index in [0.29, 0.717) is 5.56 Å². The molecule has 8 heteroatoms. The van der Waals surface area contributed by atoms with Gasteiger partial charge in [0.1, 0.15) is 10.5 Å². The van der Waals surface area contributed by atoms with Crippen molar-refractivity contribution in [3.05, 3.63) is 35.4 Å². The van der Waals surface area contributed by atoms with Crippen molar-refractivity contribution in [1.29, 1.82) is 0 Å². The lowest BCUT2D eigenvalue weighted by atomic mass is 9.86. The monoisotopic (exact) mass is 370 g/mol. The number of carbonyl (C=O) groups excluding carboxylic acids is 1. The van der Waals surface area contributed by atoms with Crippen LogP contribution in [-0.4, -0.2) is 32.7 Å². The van der Waals surface area contributed by atoms with Crippen LogP contribution < -0.4 is 15.4 Å². The van der Waals surface area contributed by atoms with E-state index >= 15 is 0 Å². The summed E-state index contributed by atoms with van der Waals surface area (Å²) in [4.78, 5) is 12.7. The smallest absolute Gasteiger partial charge is 0.222 e. The minimum Gasteiger partial charge on any atom is -0.760 e. The Kier molecular flexibility index (Phi) is 7.95. The van der Waals surface area contributed by atoms with Crippen LogP contribution in [0.3, 0.4) is 0 Å². The molecule has 1 aromatic rings. The first-order valence-electron chi connectivity index (χ1n) is 7.71. The fourth-order valence-electron chi connectivity index (χ4n) is 2.32. The molecule has 0 saturated carbocycles. The molecular formula is C16H24N3O3S2-. The molecule has 0 aromatic heterocycles. The lowest BCUT2D eigenvalue weighted by molar-refractivity contribution is -0.122. The number of carbonyl (C=O) groups is 1. The minimum atomic E-state index is -2.60. The predicted octanol–water partition coefficient (Wildman–Crippen LogP) is 1.43. The van der Waals surface area contributed by atoms with Crippen molar-refractivity contribution < 1.29 is 13.6 Å². The highest BCUT2D eigenvalue weighted by molar-refractivity contribution is 7.80. The second-order valence-electron chi connectivity index (χ2n) is 5.74. The molecule has 24 heavy (non-hydrogen) atoms. The molecule has 3 N–H and O–H groups in total. The Bertz CT molecular complexity index is 607. The molecule has 0 spiro atoms. The summed E-state index contributed by atoms with van der Waals surface area (Å²) in [5.41, 5.74) is 0.299. The molecule has 0 aliphatic carbocycles. The van der Waals surface area contributed by atoms with Gasteiger partial charge >= 0.3 is 0 Å². The first-order chi connectivity index (χ1) is 11.2. The molecule has 0 fully saturated rings. The van der Waals surface area contributed by atoms with E-state index in [4.69, 9.17) is 12.2 Å². The number of hydrogen-bond acceptors (Lipinski definition) is 4. The number of thiocarbonyl (C=S) groups is 1. The lowest BCUT2D eigenvalue weighted by Crippen LogP contribution is -2.56. The molecular weight excluding hydrogens is 346 g/mol. The molecule has 6 nitrogen and oxygen atoms in total. The molecule has 1 rings (SSSR count). The first kappa shape index (κ1) is 20.7. The zero-order chi connectivity index (χ0) is 18.3. The van der Waals surface area contributed by atoms with E-state index < -0.39 is 16.8 Å². The molecule has 0 aliphatic heterocycles. The average molecular weight is 371 g/mol. The molecule has 3 unspecified atom stereocenters. The Morgan fingerprint density at radius 2 is 1.96 bits per heavy atom. The Hall–Kier alpha value is -1.35. The van der Waals surface area contributed by atoms with Crippen molar-refractivity contribution in [2.75, 3.05) is 7.05 Å². The molecule has 0 bridgehead atoms. The summed E-state index contributed by atoms with van der Waals surface area (Å²) in [5.74, 6) is -0.277. The molecule has 1 amide bonds. The Balaban J connectivity index is 3.30. The van der Waals surface area contributed by atoms with Gasteiger partial charge in [0.05, 0.1) is 6.42 Å². The van der Waals surface area contributed by atoms with Crippen molar-refractivity contribution in [1.82, 2.24) is 15.4 Å². The van der Waals surface area contributed by atoms with Gasteiger partial charge in [0, 0.05) is 24.4 Å². The van der Waals surface area contributed by atoms with E-state index in [2.05, 4.69) is 15.4 Å². The van der Waals surface area contributed by atoms with Crippen LogP contribution >= 0.6 is 12.2 Å². The maximum absolute atomic E-state index is 12.4. The van der Waals surface area contributed by atoms with Gasteiger partial charge in [-0.05, 0) is 25.8 Å². The summed E-state index contributed by atoms with van der Waals surface area (Å²) in [5, 5.41) is 5.66. The fourth-order valence-corrected chi connectivity index (χ4v) is 3.20. The molecule has 3 atom stereocenters. The average Bonchev–Trinajstić information content (AvgIpc) is 2.53. The van der Waals surface area contributed by atoms with Gasteiger partial charge in [-0.1, -0.05) is 49.0 Å². The number of benzene rings is 1. The number of likely N-dealkylation sites (N-methyl/N-ethyl adjacent to an activating group) is 1. The van der Waals surface area contributed by atoms with Gasteiger partial charge in [-0.2, -0.15) is 0 Å². The van der Waals surface area contributed by atoms with E-state index in [9.17, 15) is 13.6 Å². The van der Waals surface area contributed by atoms with Gasteiger partial charge in [-0.15, -0.1) is 0 Å². The fraction of sp³-hybridized carbons (Fsp3) is 0.500. The van der Waals surface area contributed by atoms with Crippen molar-refractivity contribution in [3.63, 3.8) is 0 Å². The quantitative estimate of drug-likeness (QED) is 0.475. The summed E-state index contributed by atoms with van der Waals surface area (Å²) in [7, 11) is 1.60. The molecule has 134 valence electrons. The van der Waals surface area contributed by atoms with E-state index in [-0.39, 0.29) is 23.4 Å². The van der Waals surface area contributed by atoms with Gasteiger partial charge in [0.25, 0.3) is 0 Å². The summed E-state index contributed by atoms with van der Waals surface area (Å²) in [6.07, 6.45) is 0.648. The van der Waals surface area contributed by atoms with Crippen LogP contribution in [0.2, 0.25) is 0 Å². The standard InChI is InChI=1S/C16H25N3O3S2/c1-5-12(3)18-14(20)10-16(15(23)17-4,19-24(21)22)13-8-6-11(2)7-9-13/h6-9,12,19H,5,10H2,1-4H3,(H,17,23)(H,18,20)(H,21,22)/p-1. The van der Waals surface area contributed by atoms with Gasteiger partial charge in [-0.3, -0.25) is 9.00 Å². The molecule has 1 aromatic carbocycles. The van der Waals surface area contributed by atoms with Gasteiger partial charge < -0.3 is 15.2 Å². The predicted molar refractivity (Wildman–Crippen MR) is 99.1 cm³/mol. The second-order valence-corrected chi connectivity index (χ2v) is 6.82. The zero-order valence-corrected chi connectivity index (χ0v) is 16.0. The van der Waals surface area contributed by atoms with Crippen LogP contribution in [0.4, 0.5) is 0 Å². The lowest BCUT2D eigenvalue weighted by Gasteiger charge is -2.36. The van der Waals surface area contributed by atoms with Crippen LogP contribution in [0.15, 0.2) is 24.3 Å². The maximum Gasteiger partial charge on any atom is 0.222 e. The number of aryl methyl sites for hydroxylation is 1. The highest BCUT2D eigenvalue weighted by Gasteiger charge is 2.39. The number of hydrogen-bond donors (Lipinski definition) is 3. The number of rotatable bonds is 8. The number of amides is 1. The molecule has 0 aliphatic rings. The summed E-state index contributed by atoms with van der Waals surface area (Å²) in [6.45, 7) is 5.78. The van der Waals surface area contributed by atoms with Gasteiger partial charge in [0.2, 0.25) is 5.91 Å². The normalized spacial score (nSPS) is 15.9. The van der Waals surface area contributed by atoms with E-state index in [1.807, 2.05) is 32.9 Å². The highest BCUT2D eigenvalue weighted by atomic mass is 32.2. The van der Waals surface area contributed by atoms with Crippen molar-refractivity contribution >= 4 is 34.4 Å². The van der Waals surface area contributed by atoms with E-state index in [1.165, 1.54) is 0 Å². The minimum absolute atomic E-state index is 0.00544. The van der Waals surface area contributed by atoms with Crippen LogP contribution in [0.1, 0.15) is 37.8 Å². The van der Waals surface area contributed by atoms with Crippen LogP contribution in [-0.2, 0) is 21.6 Å². The largest absolute Gasteiger partial charge is 0.760 e. The summed E-state index contributed by atoms with van der Waals surface area (Å²) < 4.78 is 25.3. The zero-order valence-electron chi connectivity index (χ0n) is 14.3. The van der Waals surface area contributed by atoms with Gasteiger partial charge in [-0.25, -0.2) is 4.72 Å². The van der Waals surface area contributed by atoms with Gasteiger partial charge in [0.15, 0.2) is 0 Å². The third-order valence-corrected chi connectivity index (χ3v) is 4.93. The number of nitrogens with one attached hydrogen (secondary N) is 3. The Morgan fingerprint density at radius 1 is 1.38 bits per heavy atom.